The third-order valence-electron chi connectivity index (χ3n) is 4.72. The number of nitrogens with one attached hydrogen (secondary N) is 2. The smallest absolute Gasteiger partial charge is 0.222 e. The number of amides is 1. The van der Waals surface area contributed by atoms with E-state index in [9.17, 15) is 4.79 Å². The number of aromatic amines is 1. The maximum Gasteiger partial charge on any atom is 0.222 e. The number of nitrogens with zero attached hydrogens (tertiary/aromatic N) is 2. The number of H-pyrrole nitrogens is 1. The Morgan fingerprint density at radius 1 is 1.50 bits per heavy atom. The lowest BCUT2D eigenvalue weighted by atomic mass is 10.1. The van der Waals surface area contributed by atoms with Gasteiger partial charge >= 0.3 is 0 Å². The molecule has 2 aromatic rings. The number of imidazole rings is 1. The fraction of sp³-hybridized carbons (Fsp3) is 0.579. The molecule has 3 rings (SSSR count). The van der Waals surface area contributed by atoms with Gasteiger partial charge in [0.25, 0.3) is 0 Å². The van der Waals surface area contributed by atoms with Crippen LogP contribution in [-0.2, 0) is 16.0 Å². The lowest BCUT2D eigenvalue weighted by Gasteiger charge is -2.35. The number of hydrogen-bond acceptors (Lipinski definition) is 4. The number of carbonyl (C=O) groups is 1. The van der Waals surface area contributed by atoms with Gasteiger partial charge in [0.1, 0.15) is 5.82 Å². The molecule has 0 saturated carbocycles. The molecule has 1 unspecified atom stereocenters. The Bertz CT molecular complexity index is 746. The van der Waals surface area contributed by atoms with E-state index < -0.39 is 0 Å². The maximum atomic E-state index is 12.1. The van der Waals surface area contributed by atoms with Crippen LogP contribution in [0.4, 0.5) is 0 Å². The number of aryl methyl sites for hydroxylation is 1. The van der Waals surface area contributed by atoms with Crippen LogP contribution >= 0.6 is 11.6 Å². The topological polar surface area (TPSA) is 70.2 Å². The zero-order valence-corrected chi connectivity index (χ0v) is 16.2. The van der Waals surface area contributed by atoms with Gasteiger partial charge in [-0.15, -0.1) is 0 Å². The van der Waals surface area contributed by atoms with Gasteiger partial charge in [0.05, 0.1) is 30.2 Å². The number of hydrogen-bond donors (Lipinski definition) is 2. The molecule has 2 heterocycles. The number of fused-ring (bicyclic) bond motifs is 1. The van der Waals surface area contributed by atoms with Gasteiger partial charge < -0.3 is 15.0 Å². The molecule has 6 nitrogen and oxygen atoms in total. The highest BCUT2D eigenvalue weighted by atomic mass is 35.5. The Morgan fingerprint density at radius 3 is 3.15 bits per heavy atom. The second-order valence-corrected chi connectivity index (χ2v) is 7.52. The summed E-state index contributed by atoms with van der Waals surface area (Å²) in [5.41, 5.74) is 1.86. The third-order valence-corrected chi connectivity index (χ3v) is 4.95. The molecule has 1 aromatic heterocycles. The maximum absolute atomic E-state index is 12.1. The van der Waals surface area contributed by atoms with E-state index in [0.717, 1.165) is 42.8 Å². The van der Waals surface area contributed by atoms with E-state index in [1.165, 1.54) is 0 Å². The van der Waals surface area contributed by atoms with Crippen LogP contribution in [0.25, 0.3) is 11.0 Å². The average molecular weight is 379 g/mol. The fourth-order valence-electron chi connectivity index (χ4n) is 3.25. The molecule has 26 heavy (non-hydrogen) atoms. The third kappa shape index (κ3) is 5.19. The zero-order chi connectivity index (χ0) is 18.5. The van der Waals surface area contributed by atoms with Crippen molar-refractivity contribution in [3.8, 4) is 0 Å². The number of carbonyl (C=O) groups excluding carboxylic acids is 1. The Kier molecular flexibility index (Phi) is 6.51. The van der Waals surface area contributed by atoms with Gasteiger partial charge in [-0.1, -0.05) is 11.6 Å². The number of morpholine rings is 1. The zero-order valence-electron chi connectivity index (χ0n) is 15.4. The predicted octanol–water partition coefficient (Wildman–Crippen LogP) is 2.76. The van der Waals surface area contributed by atoms with Gasteiger partial charge in [0, 0.05) is 37.1 Å². The van der Waals surface area contributed by atoms with Crippen LogP contribution in [0.3, 0.4) is 0 Å². The monoisotopic (exact) mass is 378 g/mol. The molecule has 1 fully saturated rings. The van der Waals surface area contributed by atoms with Gasteiger partial charge in [-0.05, 0) is 38.5 Å². The Morgan fingerprint density at radius 2 is 2.35 bits per heavy atom. The van der Waals surface area contributed by atoms with Crippen LogP contribution < -0.4 is 5.32 Å². The largest absolute Gasteiger partial charge is 0.375 e. The summed E-state index contributed by atoms with van der Waals surface area (Å²) in [6, 6.07) is 6.11. The van der Waals surface area contributed by atoms with Crippen molar-refractivity contribution >= 4 is 28.5 Å². The summed E-state index contributed by atoms with van der Waals surface area (Å²) in [4.78, 5) is 22.3. The fourth-order valence-corrected chi connectivity index (χ4v) is 3.42. The first kappa shape index (κ1) is 19.1. The minimum absolute atomic E-state index is 0.00808. The Balaban J connectivity index is 1.38. The minimum Gasteiger partial charge on any atom is -0.375 e. The van der Waals surface area contributed by atoms with E-state index in [0.29, 0.717) is 30.6 Å². The van der Waals surface area contributed by atoms with Crippen LogP contribution in [0.15, 0.2) is 18.2 Å². The highest BCUT2D eigenvalue weighted by Gasteiger charge is 2.24. The first-order valence-corrected chi connectivity index (χ1v) is 9.65. The number of halogens is 1. The summed E-state index contributed by atoms with van der Waals surface area (Å²) < 4.78 is 5.72. The molecule has 1 atom stereocenters. The molecule has 1 aliphatic heterocycles. The quantitative estimate of drug-likeness (QED) is 0.727. The SMILES string of the molecule is CC(C)N1CCOC(CC(=O)NCCCc2nc3ccc(Cl)cc3[nH]2)C1. The van der Waals surface area contributed by atoms with Gasteiger partial charge in [-0.2, -0.15) is 0 Å². The number of ether oxygens (including phenoxy) is 1. The molecule has 2 N–H and O–H groups in total. The molecular weight excluding hydrogens is 352 g/mol. The molecule has 7 heteroatoms. The van der Waals surface area contributed by atoms with Crippen molar-refractivity contribution in [3.63, 3.8) is 0 Å². The Hall–Kier alpha value is -1.63. The summed E-state index contributed by atoms with van der Waals surface area (Å²) in [5.74, 6) is 0.969. The van der Waals surface area contributed by atoms with E-state index in [4.69, 9.17) is 16.3 Å². The van der Waals surface area contributed by atoms with E-state index in [1.807, 2.05) is 18.2 Å². The van der Waals surface area contributed by atoms with Crippen molar-refractivity contribution in [2.24, 2.45) is 0 Å². The first-order chi connectivity index (χ1) is 12.5. The van der Waals surface area contributed by atoms with Crippen molar-refractivity contribution < 1.29 is 9.53 Å². The molecule has 1 aromatic carbocycles. The van der Waals surface area contributed by atoms with Crippen LogP contribution in [0, 0.1) is 0 Å². The van der Waals surface area contributed by atoms with E-state index >= 15 is 0 Å². The molecule has 0 spiro atoms. The molecule has 0 aliphatic carbocycles. The van der Waals surface area contributed by atoms with Crippen molar-refractivity contribution in [2.45, 2.75) is 45.3 Å². The minimum atomic E-state index is -0.00808. The first-order valence-electron chi connectivity index (χ1n) is 9.28. The molecule has 0 bridgehead atoms. The van der Waals surface area contributed by atoms with E-state index in [1.54, 1.807) is 0 Å². The second kappa shape index (κ2) is 8.84. The normalized spacial score (nSPS) is 18.5. The molecule has 1 saturated heterocycles. The predicted molar refractivity (Wildman–Crippen MR) is 104 cm³/mol. The standard InChI is InChI=1S/C19H27ClN4O2/c1-13(2)24-8-9-26-15(12-24)11-19(25)21-7-3-4-18-22-16-6-5-14(20)10-17(16)23-18/h5-6,10,13,15H,3-4,7-9,11-12H2,1-2H3,(H,21,25)(H,22,23). The lowest BCUT2D eigenvalue weighted by Crippen LogP contribution is -2.47. The summed E-state index contributed by atoms with van der Waals surface area (Å²) in [7, 11) is 0. The molecule has 1 amide bonds. The van der Waals surface area contributed by atoms with E-state index in [-0.39, 0.29) is 12.0 Å². The summed E-state index contributed by atoms with van der Waals surface area (Å²) >= 11 is 5.99. The van der Waals surface area contributed by atoms with Gasteiger partial charge in [0.2, 0.25) is 5.91 Å². The molecule has 0 radical (unpaired) electrons. The average Bonchev–Trinajstić information content (AvgIpc) is 3.00. The lowest BCUT2D eigenvalue weighted by molar-refractivity contribution is -0.126. The molecule has 1 aliphatic rings. The van der Waals surface area contributed by atoms with Gasteiger partial charge in [-0.3, -0.25) is 9.69 Å². The summed E-state index contributed by atoms with van der Waals surface area (Å²) in [6.45, 7) is 7.46. The highest BCUT2D eigenvalue weighted by Crippen LogP contribution is 2.17. The number of aromatic nitrogens is 2. The molecule has 142 valence electrons. The van der Waals surface area contributed by atoms with Gasteiger partial charge in [0.15, 0.2) is 0 Å². The summed E-state index contributed by atoms with van der Waals surface area (Å²) in [6.07, 6.45) is 2.04. The number of rotatable bonds is 7. The van der Waals surface area contributed by atoms with Crippen molar-refractivity contribution in [1.29, 1.82) is 0 Å². The summed E-state index contributed by atoms with van der Waals surface area (Å²) in [5, 5.41) is 3.68. The highest BCUT2D eigenvalue weighted by molar-refractivity contribution is 6.31. The molecular formula is C19H27ClN4O2. The van der Waals surface area contributed by atoms with Crippen molar-refractivity contribution in [2.75, 3.05) is 26.2 Å². The van der Waals surface area contributed by atoms with Crippen molar-refractivity contribution in [1.82, 2.24) is 20.2 Å². The van der Waals surface area contributed by atoms with Gasteiger partial charge in [-0.25, -0.2) is 4.98 Å². The van der Waals surface area contributed by atoms with Crippen molar-refractivity contribution in [3.05, 3.63) is 29.0 Å². The second-order valence-electron chi connectivity index (χ2n) is 7.08. The van der Waals surface area contributed by atoms with E-state index in [2.05, 4.69) is 34.0 Å². The van der Waals surface area contributed by atoms with Crippen LogP contribution in [0.2, 0.25) is 5.02 Å². The van der Waals surface area contributed by atoms with Crippen LogP contribution in [-0.4, -0.2) is 59.2 Å². The Labute approximate surface area is 159 Å². The van der Waals surface area contributed by atoms with Crippen LogP contribution in [0.5, 0.6) is 0 Å². The number of benzene rings is 1. The van der Waals surface area contributed by atoms with Crippen LogP contribution in [0.1, 0.15) is 32.5 Å².